The van der Waals surface area contributed by atoms with Gasteiger partial charge in [-0.2, -0.15) is 0 Å². The molecule has 1 aromatic rings. The summed E-state index contributed by atoms with van der Waals surface area (Å²) in [6.07, 6.45) is 0. The molecule has 0 spiro atoms. The minimum absolute atomic E-state index is 0.457. The van der Waals surface area contributed by atoms with Crippen LogP contribution >= 0.6 is 0 Å². The van der Waals surface area contributed by atoms with Crippen molar-refractivity contribution < 1.29 is 0 Å². The Bertz CT molecular complexity index is 278. The summed E-state index contributed by atoms with van der Waals surface area (Å²) < 4.78 is 0. The van der Waals surface area contributed by atoms with Crippen molar-refractivity contribution in [3.05, 3.63) is 35.4 Å². The Morgan fingerprint density at radius 1 is 1.14 bits per heavy atom. The molecule has 1 N–H and O–H groups in total. The van der Waals surface area contributed by atoms with Crippen molar-refractivity contribution in [3.8, 4) is 0 Å². The largest absolute Gasteiger partial charge is 0.310 e. The molecule has 0 unspecified atom stereocenters. The minimum atomic E-state index is 0.457. The van der Waals surface area contributed by atoms with Gasteiger partial charge in [0.15, 0.2) is 0 Å². The van der Waals surface area contributed by atoms with Gasteiger partial charge >= 0.3 is 0 Å². The molecule has 1 atom stereocenters. The van der Waals surface area contributed by atoms with Gasteiger partial charge in [0, 0.05) is 6.04 Å². The molecule has 0 bridgehead atoms. The Balaban J connectivity index is 2.60. The molecular weight excluding hydrogens is 170 g/mol. The van der Waals surface area contributed by atoms with Gasteiger partial charge in [0.25, 0.3) is 0 Å². The maximum atomic E-state index is 3.54. The number of rotatable bonds is 4. The zero-order valence-electron chi connectivity index (χ0n) is 9.67. The van der Waals surface area contributed by atoms with E-state index in [0.29, 0.717) is 12.0 Å². The molecule has 0 saturated heterocycles. The van der Waals surface area contributed by atoms with Gasteiger partial charge in [0.2, 0.25) is 0 Å². The molecule has 1 rings (SSSR count). The minimum Gasteiger partial charge on any atom is -0.310 e. The van der Waals surface area contributed by atoms with Crippen molar-refractivity contribution in [3.63, 3.8) is 0 Å². The second-order valence-corrected chi connectivity index (χ2v) is 4.38. The number of aryl methyl sites for hydroxylation is 1. The van der Waals surface area contributed by atoms with E-state index >= 15 is 0 Å². The van der Waals surface area contributed by atoms with Gasteiger partial charge in [-0.05, 0) is 37.4 Å². The van der Waals surface area contributed by atoms with E-state index in [1.165, 1.54) is 11.1 Å². The first-order valence-corrected chi connectivity index (χ1v) is 5.40. The highest BCUT2D eigenvalue weighted by Crippen LogP contribution is 2.16. The first-order valence-electron chi connectivity index (χ1n) is 5.40. The molecule has 1 aromatic carbocycles. The predicted molar refractivity (Wildman–Crippen MR) is 62.4 cm³/mol. The van der Waals surface area contributed by atoms with E-state index in [1.807, 2.05) is 0 Å². The van der Waals surface area contributed by atoms with E-state index < -0.39 is 0 Å². The number of benzene rings is 1. The number of hydrogen-bond acceptors (Lipinski definition) is 1. The SMILES string of the molecule is Cc1ccccc1[C@@H](C)NCC(C)C. The van der Waals surface area contributed by atoms with Crippen LogP contribution in [0.1, 0.15) is 37.9 Å². The van der Waals surface area contributed by atoms with Crippen LogP contribution in [0.3, 0.4) is 0 Å². The highest BCUT2D eigenvalue weighted by molar-refractivity contribution is 5.28. The third kappa shape index (κ3) is 3.15. The van der Waals surface area contributed by atoms with Crippen LogP contribution in [-0.4, -0.2) is 6.54 Å². The normalized spacial score (nSPS) is 13.2. The van der Waals surface area contributed by atoms with Crippen LogP contribution in [0.15, 0.2) is 24.3 Å². The standard InChI is InChI=1S/C13H21N/c1-10(2)9-14-12(4)13-8-6-5-7-11(13)3/h5-8,10,12,14H,9H2,1-4H3/t12-/m1/s1. The van der Waals surface area contributed by atoms with E-state index in [-0.39, 0.29) is 0 Å². The molecule has 0 radical (unpaired) electrons. The lowest BCUT2D eigenvalue weighted by Gasteiger charge is -2.17. The number of nitrogens with one attached hydrogen (secondary N) is 1. The van der Waals surface area contributed by atoms with Crippen LogP contribution in [-0.2, 0) is 0 Å². The fraction of sp³-hybridized carbons (Fsp3) is 0.538. The molecular formula is C13H21N. The van der Waals surface area contributed by atoms with Crippen molar-refractivity contribution in [2.45, 2.75) is 33.7 Å². The van der Waals surface area contributed by atoms with E-state index in [9.17, 15) is 0 Å². The van der Waals surface area contributed by atoms with E-state index in [2.05, 4.69) is 57.3 Å². The molecule has 0 fully saturated rings. The van der Waals surface area contributed by atoms with Gasteiger partial charge in [0.1, 0.15) is 0 Å². The zero-order chi connectivity index (χ0) is 10.6. The summed E-state index contributed by atoms with van der Waals surface area (Å²) in [5, 5.41) is 3.54. The van der Waals surface area contributed by atoms with Gasteiger partial charge in [0.05, 0.1) is 0 Å². The van der Waals surface area contributed by atoms with E-state index in [0.717, 1.165) is 6.54 Å². The van der Waals surface area contributed by atoms with Crippen molar-refractivity contribution >= 4 is 0 Å². The molecule has 0 amide bonds. The van der Waals surface area contributed by atoms with Crippen LogP contribution in [0.25, 0.3) is 0 Å². The first kappa shape index (κ1) is 11.3. The predicted octanol–water partition coefficient (Wildman–Crippen LogP) is 3.30. The summed E-state index contributed by atoms with van der Waals surface area (Å²) in [6, 6.07) is 9.03. The number of hydrogen-bond donors (Lipinski definition) is 1. The molecule has 1 heteroatoms. The van der Waals surface area contributed by atoms with Crippen molar-refractivity contribution in [1.82, 2.24) is 5.32 Å². The second-order valence-electron chi connectivity index (χ2n) is 4.38. The average Bonchev–Trinajstić information content (AvgIpc) is 2.15. The summed E-state index contributed by atoms with van der Waals surface area (Å²) in [5.41, 5.74) is 2.78. The van der Waals surface area contributed by atoms with Crippen LogP contribution in [0.5, 0.6) is 0 Å². The Morgan fingerprint density at radius 3 is 2.36 bits per heavy atom. The van der Waals surface area contributed by atoms with Crippen molar-refractivity contribution in [2.75, 3.05) is 6.54 Å². The smallest absolute Gasteiger partial charge is 0.0294 e. The summed E-state index contributed by atoms with van der Waals surface area (Å²) in [6.45, 7) is 9.94. The maximum Gasteiger partial charge on any atom is 0.0294 e. The Hall–Kier alpha value is -0.820. The quantitative estimate of drug-likeness (QED) is 0.770. The first-order chi connectivity index (χ1) is 6.61. The van der Waals surface area contributed by atoms with Gasteiger partial charge in [-0.25, -0.2) is 0 Å². The van der Waals surface area contributed by atoms with Gasteiger partial charge in [-0.15, -0.1) is 0 Å². The van der Waals surface area contributed by atoms with Crippen LogP contribution in [0.4, 0.5) is 0 Å². The third-order valence-electron chi connectivity index (χ3n) is 2.49. The van der Waals surface area contributed by atoms with Crippen LogP contribution in [0, 0.1) is 12.8 Å². The van der Waals surface area contributed by atoms with Crippen molar-refractivity contribution in [2.24, 2.45) is 5.92 Å². The topological polar surface area (TPSA) is 12.0 Å². The lowest BCUT2D eigenvalue weighted by molar-refractivity contribution is 0.495. The third-order valence-corrected chi connectivity index (χ3v) is 2.49. The van der Waals surface area contributed by atoms with Crippen LogP contribution in [0.2, 0.25) is 0 Å². The summed E-state index contributed by atoms with van der Waals surface area (Å²) in [4.78, 5) is 0. The highest BCUT2D eigenvalue weighted by atomic mass is 14.9. The Kier molecular flexibility index (Phi) is 4.15. The summed E-state index contributed by atoms with van der Waals surface area (Å²) >= 11 is 0. The molecule has 0 aromatic heterocycles. The highest BCUT2D eigenvalue weighted by Gasteiger charge is 2.06. The lowest BCUT2D eigenvalue weighted by atomic mass is 10.0. The Morgan fingerprint density at radius 2 is 1.79 bits per heavy atom. The second kappa shape index (κ2) is 5.16. The van der Waals surface area contributed by atoms with E-state index in [1.54, 1.807) is 0 Å². The molecule has 1 nitrogen and oxygen atoms in total. The molecule has 78 valence electrons. The molecule has 0 heterocycles. The van der Waals surface area contributed by atoms with Gasteiger partial charge < -0.3 is 5.32 Å². The van der Waals surface area contributed by atoms with E-state index in [4.69, 9.17) is 0 Å². The molecule has 0 saturated carbocycles. The van der Waals surface area contributed by atoms with Crippen molar-refractivity contribution in [1.29, 1.82) is 0 Å². The summed E-state index contributed by atoms with van der Waals surface area (Å²) in [7, 11) is 0. The molecule has 0 aliphatic carbocycles. The maximum absolute atomic E-state index is 3.54. The fourth-order valence-corrected chi connectivity index (χ4v) is 1.60. The summed E-state index contributed by atoms with van der Waals surface area (Å²) in [5.74, 6) is 0.710. The van der Waals surface area contributed by atoms with Gasteiger partial charge in [-0.3, -0.25) is 0 Å². The Labute approximate surface area is 87.5 Å². The molecule has 0 aliphatic rings. The molecule has 14 heavy (non-hydrogen) atoms. The zero-order valence-corrected chi connectivity index (χ0v) is 9.67. The average molecular weight is 191 g/mol. The van der Waals surface area contributed by atoms with Crippen LogP contribution < -0.4 is 5.32 Å². The monoisotopic (exact) mass is 191 g/mol. The lowest BCUT2D eigenvalue weighted by Crippen LogP contribution is -2.23. The van der Waals surface area contributed by atoms with Gasteiger partial charge in [-0.1, -0.05) is 38.1 Å². The molecule has 0 aliphatic heterocycles. The fourth-order valence-electron chi connectivity index (χ4n) is 1.60.